The molecule has 0 aromatic carbocycles. The van der Waals surface area contributed by atoms with E-state index in [4.69, 9.17) is 5.73 Å². The second kappa shape index (κ2) is 3.42. The van der Waals surface area contributed by atoms with Crippen LogP contribution in [0.3, 0.4) is 0 Å². The zero-order valence-electron chi connectivity index (χ0n) is 8.96. The van der Waals surface area contributed by atoms with Gasteiger partial charge >= 0.3 is 0 Å². The topological polar surface area (TPSA) is 72.9 Å². The minimum absolute atomic E-state index is 0.125. The molecule has 1 aromatic heterocycles. The number of aryl methyl sites for hydroxylation is 1. The van der Waals surface area contributed by atoms with E-state index in [2.05, 4.69) is 10.4 Å². The zero-order valence-corrected chi connectivity index (χ0v) is 8.96. The fourth-order valence-electron chi connectivity index (χ4n) is 0.971. The smallest absolute Gasteiger partial charge is 0.266 e. The standard InChI is InChI=1S/C9H16N4O/c1-6-7(10)5-13(12-6)8(14)9(2,3)11-4/h5,11H,10H2,1-4H3. The van der Waals surface area contributed by atoms with Crippen LogP contribution in [0.15, 0.2) is 6.20 Å². The molecule has 0 aliphatic heterocycles. The lowest BCUT2D eigenvalue weighted by atomic mass is 10.1. The SMILES string of the molecule is CNC(C)(C)C(=O)n1cc(N)c(C)n1. The van der Waals surface area contributed by atoms with E-state index in [-0.39, 0.29) is 5.91 Å². The molecule has 0 aliphatic carbocycles. The van der Waals surface area contributed by atoms with Crippen molar-refractivity contribution in [2.45, 2.75) is 26.3 Å². The van der Waals surface area contributed by atoms with Crippen LogP contribution in [0.2, 0.25) is 0 Å². The highest BCUT2D eigenvalue weighted by Crippen LogP contribution is 2.11. The molecule has 0 amide bonds. The maximum Gasteiger partial charge on any atom is 0.266 e. The predicted molar refractivity (Wildman–Crippen MR) is 55.1 cm³/mol. The number of aromatic nitrogens is 2. The number of nitrogens with one attached hydrogen (secondary N) is 1. The van der Waals surface area contributed by atoms with E-state index < -0.39 is 5.54 Å². The summed E-state index contributed by atoms with van der Waals surface area (Å²) in [7, 11) is 1.73. The highest BCUT2D eigenvalue weighted by atomic mass is 16.2. The van der Waals surface area contributed by atoms with Crippen LogP contribution >= 0.6 is 0 Å². The summed E-state index contributed by atoms with van der Waals surface area (Å²) in [5.41, 5.74) is 6.18. The molecule has 0 saturated carbocycles. The number of anilines is 1. The maximum atomic E-state index is 11.8. The first-order valence-corrected chi connectivity index (χ1v) is 4.44. The Morgan fingerprint density at radius 3 is 2.57 bits per heavy atom. The Labute approximate surface area is 83.3 Å². The number of carbonyl (C=O) groups excluding carboxylic acids is 1. The molecule has 14 heavy (non-hydrogen) atoms. The Bertz CT molecular complexity index is 334. The summed E-state index contributed by atoms with van der Waals surface area (Å²) < 4.78 is 1.28. The minimum atomic E-state index is -0.634. The summed E-state index contributed by atoms with van der Waals surface area (Å²) in [6.07, 6.45) is 1.54. The number of rotatable bonds is 2. The molecule has 0 spiro atoms. The lowest BCUT2D eigenvalue weighted by molar-refractivity contribution is 0.0783. The second-order valence-corrected chi connectivity index (χ2v) is 3.79. The van der Waals surface area contributed by atoms with Gasteiger partial charge in [0.05, 0.1) is 23.1 Å². The average molecular weight is 196 g/mol. The second-order valence-electron chi connectivity index (χ2n) is 3.79. The van der Waals surface area contributed by atoms with Gasteiger partial charge in [-0.25, -0.2) is 4.68 Å². The highest BCUT2D eigenvalue weighted by Gasteiger charge is 2.27. The van der Waals surface area contributed by atoms with Gasteiger partial charge in [-0.05, 0) is 27.8 Å². The third-order valence-corrected chi connectivity index (χ3v) is 2.30. The fraction of sp³-hybridized carbons (Fsp3) is 0.556. The Hall–Kier alpha value is -1.36. The van der Waals surface area contributed by atoms with Crippen LogP contribution in [0.25, 0.3) is 0 Å². The lowest BCUT2D eigenvalue weighted by Crippen LogP contribution is -2.47. The Morgan fingerprint density at radius 2 is 2.21 bits per heavy atom. The molecule has 1 heterocycles. The van der Waals surface area contributed by atoms with Gasteiger partial charge in [0.2, 0.25) is 0 Å². The average Bonchev–Trinajstić information content (AvgIpc) is 2.45. The molecule has 3 N–H and O–H groups in total. The number of nitrogens with zero attached hydrogens (tertiary/aromatic N) is 2. The molecular weight excluding hydrogens is 180 g/mol. The molecule has 0 bridgehead atoms. The van der Waals surface area contributed by atoms with Gasteiger partial charge in [-0.2, -0.15) is 5.10 Å². The molecule has 0 saturated heterocycles. The molecule has 0 unspecified atom stereocenters. The molecule has 5 nitrogen and oxygen atoms in total. The van der Waals surface area contributed by atoms with E-state index in [1.54, 1.807) is 27.8 Å². The van der Waals surface area contributed by atoms with E-state index in [0.29, 0.717) is 11.4 Å². The summed E-state index contributed by atoms with van der Waals surface area (Å²) >= 11 is 0. The fourth-order valence-corrected chi connectivity index (χ4v) is 0.971. The van der Waals surface area contributed by atoms with Crippen LogP contribution in [0.5, 0.6) is 0 Å². The minimum Gasteiger partial charge on any atom is -0.396 e. The van der Waals surface area contributed by atoms with Crippen molar-refractivity contribution in [3.05, 3.63) is 11.9 Å². The van der Waals surface area contributed by atoms with Crippen LogP contribution in [0.1, 0.15) is 24.3 Å². The number of carbonyl (C=O) groups is 1. The zero-order chi connectivity index (χ0) is 10.9. The van der Waals surface area contributed by atoms with Crippen molar-refractivity contribution >= 4 is 11.6 Å². The molecule has 0 aliphatic rings. The van der Waals surface area contributed by atoms with Gasteiger partial charge in [-0.15, -0.1) is 0 Å². The van der Waals surface area contributed by atoms with Crippen molar-refractivity contribution in [2.24, 2.45) is 0 Å². The van der Waals surface area contributed by atoms with Gasteiger partial charge in [0.15, 0.2) is 0 Å². The van der Waals surface area contributed by atoms with Crippen molar-refractivity contribution < 1.29 is 4.79 Å². The third-order valence-electron chi connectivity index (χ3n) is 2.30. The van der Waals surface area contributed by atoms with Gasteiger partial charge < -0.3 is 11.1 Å². The number of nitrogens with two attached hydrogens (primary N) is 1. The largest absolute Gasteiger partial charge is 0.396 e. The quantitative estimate of drug-likeness (QED) is 0.718. The lowest BCUT2D eigenvalue weighted by Gasteiger charge is -2.21. The maximum absolute atomic E-state index is 11.8. The third kappa shape index (κ3) is 1.77. The van der Waals surface area contributed by atoms with Crippen LogP contribution in [0, 0.1) is 6.92 Å². The number of nitrogen functional groups attached to an aromatic ring is 1. The number of hydrogen-bond donors (Lipinski definition) is 2. The van der Waals surface area contributed by atoms with Crippen molar-refractivity contribution in [2.75, 3.05) is 12.8 Å². The van der Waals surface area contributed by atoms with E-state index in [1.807, 2.05) is 0 Å². The Morgan fingerprint density at radius 1 is 1.64 bits per heavy atom. The van der Waals surface area contributed by atoms with Gasteiger partial charge in [-0.3, -0.25) is 4.79 Å². The number of hydrogen-bond acceptors (Lipinski definition) is 4. The van der Waals surface area contributed by atoms with Gasteiger partial charge in [0, 0.05) is 0 Å². The summed E-state index contributed by atoms with van der Waals surface area (Å²) in [5.74, 6) is -0.125. The van der Waals surface area contributed by atoms with E-state index in [9.17, 15) is 4.79 Å². The van der Waals surface area contributed by atoms with Crippen LogP contribution in [0.4, 0.5) is 5.69 Å². The molecular formula is C9H16N4O. The summed E-state index contributed by atoms with van der Waals surface area (Å²) in [6, 6.07) is 0. The normalized spacial score (nSPS) is 11.7. The first-order valence-electron chi connectivity index (χ1n) is 4.44. The summed E-state index contributed by atoms with van der Waals surface area (Å²) in [5, 5.41) is 6.94. The van der Waals surface area contributed by atoms with E-state index in [1.165, 1.54) is 10.9 Å². The number of likely N-dealkylation sites (N-methyl/N-ethyl adjacent to an activating group) is 1. The van der Waals surface area contributed by atoms with Gasteiger partial charge in [-0.1, -0.05) is 0 Å². The molecule has 1 rings (SSSR count). The van der Waals surface area contributed by atoms with Crippen molar-refractivity contribution in [3.8, 4) is 0 Å². The first kappa shape index (κ1) is 10.7. The van der Waals surface area contributed by atoms with Crippen LogP contribution < -0.4 is 11.1 Å². The monoisotopic (exact) mass is 196 g/mol. The molecule has 0 atom stereocenters. The van der Waals surface area contributed by atoms with Crippen LogP contribution in [-0.4, -0.2) is 28.3 Å². The Kier molecular flexibility index (Phi) is 2.62. The first-order chi connectivity index (χ1) is 6.38. The summed E-state index contributed by atoms with van der Waals surface area (Å²) in [6.45, 7) is 5.36. The van der Waals surface area contributed by atoms with Gasteiger partial charge in [0.1, 0.15) is 0 Å². The summed E-state index contributed by atoms with van der Waals surface area (Å²) in [4.78, 5) is 11.8. The molecule has 0 fully saturated rings. The van der Waals surface area contributed by atoms with Crippen molar-refractivity contribution in [3.63, 3.8) is 0 Å². The molecule has 0 radical (unpaired) electrons. The van der Waals surface area contributed by atoms with Gasteiger partial charge in [0.25, 0.3) is 5.91 Å². The molecule has 5 heteroatoms. The van der Waals surface area contributed by atoms with Crippen molar-refractivity contribution in [1.82, 2.24) is 15.1 Å². The predicted octanol–water partition coefficient (Wildman–Crippen LogP) is 0.412. The van der Waals surface area contributed by atoms with Crippen molar-refractivity contribution in [1.29, 1.82) is 0 Å². The van der Waals surface area contributed by atoms with E-state index in [0.717, 1.165) is 0 Å². The Balaban J connectivity index is 3.01. The van der Waals surface area contributed by atoms with Crippen LogP contribution in [-0.2, 0) is 0 Å². The molecule has 78 valence electrons. The highest BCUT2D eigenvalue weighted by molar-refractivity contribution is 5.87. The van der Waals surface area contributed by atoms with E-state index >= 15 is 0 Å². The molecule has 1 aromatic rings.